The minimum absolute atomic E-state index is 0.0336. The first-order chi connectivity index (χ1) is 14.9. The first-order valence-corrected chi connectivity index (χ1v) is 9.72. The Morgan fingerprint density at radius 3 is 2.74 bits per heavy atom. The molecule has 4 N–H and O–H groups in total. The summed E-state index contributed by atoms with van der Waals surface area (Å²) in [5, 5.41) is 8.95. The average molecular weight is 431 g/mol. The van der Waals surface area contributed by atoms with Crippen LogP contribution in [0.15, 0.2) is 43.0 Å². The van der Waals surface area contributed by atoms with Gasteiger partial charge in [-0.1, -0.05) is 0 Å². The molecule has 11 heteroatoms. The van der Waals surface area contributed by atoms with Gasteiger partial charge in [0.1, 0.15) is 11.3 Å². The molecule has 31 heavy (non-hydrogen) atoms. The molecule has 0 aliphatic carbocycles. The van der Waals surface area contributed by atoms with Gasteiger partial charge in [-0.3, -0.25) is 9.78 Å². The van der Waals surface area contributed by atoms with Crippen LogP contribution in [0.3, 0.4) is 0 Å². The van der Waals surface area contributed by atoms with Crippen molar-refractivity contribution < 1.29 is 18.0 Å². The molecule has 0 saturated carbocycles. The zero-order valence-corrected chi connectivity index (χ0v) is 16.3. The summed E-state index contributed by atoms with van der Waals surface area (Å²) in [4.78, 5) is 27.0. The van der Waals surface area contributed by atoms with Crippen molar-refractivity contribution in [1.29, 1.82) is 0 Å². The van der Waals surface area contributed by atoms with Crippen LogP contribution in [-0.4, -0.2) is 45.0 Å². The number of halogens is 3. The fourth-order valence-corrected chi connectivity index (χ4v) is 3.33. The molecular weight excluding hydrogens is 411 g/mol. The minimum atomic E-state index is -4.64. The van der Waals surface area contributed by atoms with Crippen molar-refractivity contribution in [3.05, 3.63) is 54.2 Å². The summed E-state index contributed by atoms with van der Waals surface area (Å²) in [5.41, 5.74) is -0.515. The molecule has 1 aliphatic heterocycles. The third-order valence-corrected chi connectivity index (χ3v) is 4.86. The zero-order valence-electron chi connectivity index (χ0n) is 16.3. The molecule has 0 radical (unpaired) electrons. The van der Waals surface area contributed by atoms with Gasteiger partial charge in [-0.15, -0.1) is 0 Å². The predicted octanol–water partition coefficient (Wildman–Crippen LogP) is 3.30. The van der Waals surface area contributed by atoms with E-state index in [0.29, 0.717) is 12.2 Å². The van der Waals surface area contributed by atoms with Gasteiger partial charge in [-0.05, 0) is 37.6 Å². The lowest BCUT2D eigenvalue weighted by Crippen LogP contribution is -2.38. The maximum Gasteiger partial charge on any atom is 0.419 e. The van der Waals surface area contributed by atoms with Gasteiger partial charge in [-0.2, -0.15) is 13.2 Å². The van der Waals surface area contributed by atoms with Crippen molar-refractivity contribution in [2.75, 3.05) is 23.7 Å². The number of hydrogen-bond donors (Lipinski definition) is 4. The Labute approximate surface area is 175 Å². The topological polar surface area (TPSA) is 108 Å². The van der Waals surface area contributed by atoms with Crippen LogP contribution >= 0.6 is 0 Å². The molecule has 8 nitrogen and oxygen atoms in total. The summed E-state index contributed by atoms with van der Waals surface area (Å²) in [6, 6.07) is 4.57. The zero-order chi connectivity index (χ0) is 21.8. The maximum absolute atomic E-state index is 13.6. The SMILES string of the molecule is O=C(Nc1ccncc1)c1cc(-c2nc(N[C@H]3CCCNC3)ncc2C(F)(F)F)c[nH]1. The number of amides is 1. The number of nitrogens with one attached hydrogen (secondary N) is 4. The molecule has 0 unspecified atom stereocenters. The summed E-state index contributed by atoms with van der Waals surface area (Å²) in [5.74, 6) is -0.382. The fraction of sp³-hybridized carbons (Fsp3) is 0.300. The van der Waals surface area contributed by atoms with Crippen molar-refractivity contribution in [3.8, 4) is 11.3 Å². The summed E-state index contributed by atoms with van der Waals surface area (Å²) < 4.78 is 40.7. The maximum atomic E-state index is 13.6. The van der Waals surface area contributed by atoms with Gasteiger partial charge in [0.15, 0.2) is 0 Å². The van der Waals surface area contributed by atoms with E-state index in [1.54, 1.807) is 12.1 Å². The molecule has 1 saturated heterocycles. The second kappa shape index (κ2) is 8.72. The highest BCUT2D eigenvalue weighted by Gasteiger charge is 2.36. The molecule has 162 valence electrons. The largest absolute Gasteiger partial charge is 0.419 e. The Kier molecular flexibility index (Phi) is 5.85. The molecule has 1 aliphatic rings. The molecule has 0 bridgehead atoms. The summed E-state index contributed by atoms with van der Waals surface area (Å²) in [6.45, 7) is 1.59. The van der Waals surface area contributed by atoms with Crippen LogP contribution < -0.4 is 16.0 Å². The van der Waals surface area contributed by atoms with Gasteiger partial charge in [-0.25, -0.2) is 9.97 Å². The van der Waals surface area contributed by atoms with Gasteiger partial charge in [0.2, 0.25) is 5.95 Å². The number of alkyl halides is 3. The number of carbonyl (C=O) groups is 1. The third kappa shape index (κ3) is 5.00. The Morgan fingerprint density at radius 2 is 2.03 bits per heavy atom. The number of hydrogen-bond acceptors (Lipinski definition) is 6. The lowest BCUT2D eigenvalue weighted by Gasteiger charge is -2.24. The van der Waals surface area contributed by atoms with E-state index in [9.17, 15) is 18.0 Å². The molecule has 1 amide bonds. The second-order valence-electron chi connectivity index (χ2n) is 7.13. The molecule has 1 fully saturated rings. The Balaban J connectivity index is 1.61. The number of aromatic nitrogens is 4. The molecule has 1 atom stereocenters. The second-order valence-corrected chi connectivity index (χ2v) is 7.13. The van der Waals surface area contributed by atoms with Crippen LogP contribution in [0.5, 0.6) is 0 Å². The predicted molar refractivity (Wildman–Crippen MR) is 109 cm³/mol. The molecule has 0 aromatic carbocycles. The van der Waals surface area contributed by atoms with E-state index in [1.807, 2.05) is 0 Å². The quantitative estimate of drug-likeness (QED) is 0.494. The van der Waals surface area contributed by atoms with E-state index in [4.69, 9.17) is 0 Å². The van der Waals surface area contributed by atoms with Gasteiger partial charge >= 0.3 is 6.18 Å². The van der Waals surface area contributed by atoms with Crippen molar-refractivity contribution in [2.24, 2.45) is 0 Å². The number of piperidine rings is 1. The minimum Gasteiger partial charge on any atom is -0.357 e. The molecule has 0 spiro atoms. The highest BCUT2D eigenvalue weighted by atomic mass is 19.4. The lowest BCUT2D eigenvalue weighted by molar-refractivity contribution is -0.137. The monoisotopic (exact) mass is 431 g/mol. The van der Waals surface area contributed by atoms with Gasteiger partial charge < -0.3 is 20.9 Å². The molecule has 3 aromatic heterocycles. The van der Waals surface area contributed by atoms with E-state index in [1.165, 1.54) is 24.7 Å². The average Bonchev–Trinajstić information content (AvgIpc) is 3.25. The van der Waals surface area contributed by atoms with Crippen molar-refractivity contribution >= 4 is 17.5 Å². The van der Waals surface area contributed by atoms with E-state index >= 15 is 0 Å². The number of pyridine rings is 1. The lowest BCUT2D eigenvalue weighted by atomic mass is 10.1. The Bertz CT molecular complexity index is 1050. The Morgan fingerprint density at radius 1 is 1.23 bits per heavy atom. The van der Waals surface area contributed by atoms with E-state index < -0.39 is 17.6 Å². The van der Waals surface area contributed by atoms with E-state index in [2.05, 4.69) is 35.9 Å². The smallest absolute Gasteiger partial charge is 0.357 e. The van der Waals surface area contributed by atoms with E-state index in [-0.39, 0.29) is 28.9 Å². The van der Waals surface area contributed by atoms with Crippen LogP contribution in [0.25, 0.3) is 11.3 Å². The fourth-order valence-electron chi connectivity index (χ4n) is 3.33. The number of aromatic amines is 1. The standard InChI is InChI=1S/C20H20F3N7O/c21-20(22,23)15-11-27-19(29-14-2-1-5-25-10-14)30-17(15)12-8-16(26-9-12)18(31)28-13-3-6-24-7-4-13/h3-4,6-9,11,14,25-26H,1-2,5,10H2,(H,24,28,31)(H,27,29,30)/t14-/m0/s1. The van der Waals surface area contributed by atoms with Crippen LogP contribution in [0.4, 0.5) is 24.8 Å². The molecular formula is C20H20F3N7O. The number of anilines is 2. The van der Waals surface area contributed by atoms with Crippen molar-refractivity contribution in [2.45, 2.75) is 25.1 Å². The first kappa shape index (κ1) is 20.8. The van der Waals surface area contributed by atoms with Gasteiger partial charge in [0.05, 0.1) is 5.69 Å². The van der Waals surface area contributed by atoms with Gasteiger partial charge in [0, 0.05) is 48.6 Å². The normalized spacial score (nSPS) is 16.7. The van der Waals surface area contributed by atoms with Crippen LogP contribution in [-0.2, 0) is 6.18 Å². The summed E-state index contributed by atoms with van der Waals surface area (Å²) >= 11 is 0. The van der Waals surface area contributed by atoms with Crippen molar-refractivity contribution in [1.82, 2.24) is 25.3 Å². The van der Waals surface area contributed by atoms with Crippen LogP contribution in [0.2, 0.25) is 0 Å². The number of nitrogens with zero attached hydrogens (tertiary/aromatic N) is 3. The highest BCUT2D eigenvalue weighted by molar-refractivity contribution is 6.03. The highest BCUT2D eigenvalue weighted by Crippen LogP contribution is 2.36. The van der Waals surface area contributed by atoms with Crippen molar-refractivity contribution in [3.63, 3.8) is 0 Å². The van der Waals surface area contributed by atoms with Gasteiger partial charge in [0.25, 0.3) is 5.91 Å². The number of carbonyl (C=O) groups excluding carboxylic acids is 1. The summed E-state index contributed by atoms with van der Waals surface area (Å²) in [6.07, 6.45) is 2.31. The first-order valence-electron chi connectivity index (χ1n) is 9.72. The molecule has 4 rings (SSSR count). The molecule has 4 heterocycles. The Hall–Kier alpha value is -3.47. The number of H-pyrrole nitrogens is 1. The number of rotatable bonds is 5. The third-order valence-electron chi connectivity index (χ3n) is 4.86. The summed E-state index contributed by atoms with van der Waals surface area (Å²) in [7, 11) is 0. The van der Waals surface area contributed by atoms with Crippen LogP contribution in [0.1, 0.15) is 28.9 Å². The molecule has 3 aromatic rings. The van der Waals surface area contributed by atoms with E-state index in [0.717, 1.165) is 25.6 Å². The van der Waals surface area contributed by atoms with Crippen LogP contribution in [0, 0.1) is 0 Å².